The molecule has 4 heteroatoms. The average Bonchev–Trinajstić information content (AvgIpc) is 2.84. The van der Waals surface area contributed by atoms with Crippen molar-refractivity contribution in [3.63, 3.8) is 0 Å². The molecule has 0 saturated heterocycles. The number of rotatable bonds is 2. The van der Waals surface area contributed by atoms with E-state index in [1.807, 2.05) is 17.2 Å². The molecular formula is C16H17BrN2O. The molecule has 0 aliphatic carbocycles. The van der Waals surface area contributed by atoms with Gasteiger partial charge in [-0.05, 0) is 47.5 Å². The van der Waals surface area contributed by atoms with Crippen LogP contribution in [0.25, 0.3) is 0 Å². The Morgan fingerprint density at radius 2 is 2.25 bits per heavy atom. The number of carbonyl (C=O) groups is 1. The van der Waals surface area contributed by atoms with Crippen molar-refractivity contribution in [2.24, 2.45) is 0 Å². The third-order valence-corrected chi connectivity index (χ3v) is 4.46. The van der Waals surface area contributed by atoms with Crippen LogP contribution in [-0.2, 0) is 17.9 Å². The second-order valence-corrected chi connectivity index (χ2v) is 6.19. The van der Waals surface area contributed by atoms with Gasteiger partial charge in [0.05, 0.1) is 6.42 Å². The summed E-state index contributed by atoms with van der Waals surface area (Å²) in [6, 6.07) is 4.29. The van der Waals surface area contributed by atoms with Gasteiger partial charge in [-0.25, -0.2) is 0 Å². The van der Waals surface area contributed by atoms with Crippen LogP contribution in [0.4, 0.5) is 0 Å². The standard InChI is InChI=1S/C16H17BrN2O/c1-11-6-13-9-19(10-14(13)15(17)7-11)16(20)8-12-2-4-18-5-3-12/h2-4,6-7,18H,5,8-10H2,1H3. The van der Waals surface area contributed by atoms with Gasteiger partial charge in [0.25, 0.3) is 0 Å². The fourth-order valence-electron chi connectivity index (χ4n) is 2.70. The quantitative estimate of drug-likeness (QED) is 0.902. The zero-order chi connectivity index (χ0) is 14.1. The van der Waals surface area contributed by atoms with Crippen LogP contribution in [0.3, 0.4) is 0 Å². The first-order valence-electron chi connectivity index (χ1n) is 6.78. The van der Waals surface area contributed by atoms with Gasteiger partial charge in [0.2, 0.25) is 5.91 Å². The molecule has 2 heterocycles. The second-order valence-electron chi connectivity index (χ2n) is 5.33. The summed E-state index contributed by atoms with van der Waals surface area (Å²) in [4.78, 5) is 14.3. The van der Waals surface area contributed by atoms with Crippen molar-refractivity contribution in [1.82, 2.24) is 10.2 Å². The first-order chi connectivity index (χ1) is 9.63. The zero-order valence-corrected chi connectivity index (χ0v) is 13.0. The molecule has 3 rings (SSSR count). The van der Waals surface area contributed by atoms with E-state index in [4.69, 9.17) is 0 Å². The SMILES string of the molecule is Cc1cc(Br)c2c(c1)CN(C(=O)CC1=CCNC=C1)C2. The van der Waals surface area contributed by atoms with E-state index in [9.17, 15) is 4.79 Å². The summed E-state index contributed by atoms with van der Waals surface area (Å²) < 4.78 is 1.11. The largest absolute Gasteiger partial charge is 0.387 e. The lowest BCUT2D eigenvalue weighted by atomic mass is 10.1. The van der Waals surface area contributed by atoms with Gasteiger partial charge in [0.1, 0.15) is 0 Å². The van der Waals surface area contributed by atoms with Gasteiger partial charge in [-0.1, -0.05) is 28.1 Å². The normalized spacial score (nSPS) is 16.7. The first kappa shape index (κ1) is 13.4. The van der Waals surface area contributed by atoms with Crippen LogP contribution in [0.2, 0.25) is 0 Å². The van der Waals surface area contributed by atoms with Gasteiger partial charge in [-0.2, -0.15) is 0 Å². The molecule has 2 aliphatic rings. The Bertz CT molecular complexity index is 619. The van der Waals surface area contributed by atoms with Gasteiger partial charge in [0, 0.05) is 24.1 Å². The predicted octanol–water partition coefficient (Wildman–Crippen LogP) is 3.03. The number of nitrogens with zero attached hydrogens (tertiary/aromatic N) is 1. The fourth-order valence-corrected chi connectivity index (χ4v) is 3.44. The van der Waals surface area contributed by atoms with Crippen molar-refractivity contribution in [3.05, 3.63) is 57.2 Å². The Kier molecular flexibility index (Phi) is 3.66. The van der Waals surface area contributed by atoms with Crippen LogP contribution in [0.1, 0.15) is 23.1 Å². The number of allylic oxidation sites excluding steroid dienone is 1. The lowest BCUT2D eigenvalue weighted by molar-refractivity contribution is -0.131. The van der Waals surface area contributed by atoms with Crippen molar-refractivity contribution < 1.29 is 4.79 Å². The maximum absolute atomic E-state index is 12.4. The van der Waals surface area contributed by atoms with Crippen molar-refractivity contribution in [2.45, 2.75) is 26.4 Å². The summed E-state index contributed by atoms with van der Waals surface area (Å²) >= 11 is 3.60. The van der Waals surface area contributed by atoms with Crippen LogP contribution < -0.4 is 5.32 Å². The Morgan fingerprint density at radius 3 is 3.00 bits per heavy atom. The summed E-state index contributed by atoms with van der Waals surface area (Å²) in [5, 5.41) is 3.10. The molecule has 104 valence electrons. The number of fused-ring (bicyclic) bond motifs is 1. The van der Waals surface area contributed by atoms with Crippen LogP contribution in [-0.4, -0.2) is 17.4 Å². The van der Waals surface area contributed by atoms with Crippen LogP contribution in [0, 0.1) is 6.92 Å². The Labute approximate surface area is 127 Å². The van der Waals surface area contributed by atoms with E-state index >= 15 is 0 Å². The lowest BCUT2D eigenvalue weighted by Gasteiger charge is -2.16. The number of benzene rings is 1. The molecule has 0 radical (unpaired) electrons. The molecule has 0 spiro atoms. The number of hydrogen-bond donors (Lipinski definition) is 1. The molecule has 0 saturated carbocycles. The number of amides is 1. The van der Waals surface area contributed by atoms with Gasteiger partial charge in [-0.3, -0.25) is 4.79 Å². The number of nitrogens with one attached hydrogen (secondary N) is 1. The van der Waals surface area contributed by atoms with E-state index in [1.54, 1.807) is 0 Å². The number of carbonyl (C=O) groups excluding carboxylic acids is 1. The Balaban J connectivity index is 1.72. The van der Waals surface area contributed by atoms with Crippen molar-refractivity contribution in [2.75, 3.05) is 6.54 Å². The van der Waals surface area contributed by atoms with E-state index < -0.39 is 0 Å². The lowest BCUT2D eigenvalue weighted by Crippen LogP contribution is -2.25. The highest BCUT2D eigenvalue weighted by Crippen LogP contribution is 2.31. The molecule has 0 atom stereocenters. The second kappa shape index (κ2) is 5.44. The first-order valence-corrected chi connectivity index (χ1v) is 7.57. The highest BCUT2D eigenvalue weighted by Gasteiger charge is 2.25. The fraction of sp³-hybridized carbons (Fsp3) is 0.312. The Morgan fingerprint density at radius 1 is 1.40 bits per heavy atom. The smallest absolute Gasteiger partial charge is 0.227 e. The van der Waals surface area contributed by atoms with Gasteiger partial charge >= 0.3 is 0 Å². The van der Waals surface area contributed by atoms with E-state index in [1.165, 1.54) is 16.7 Å². The summed E-state index contributed by atoms with van der Waals surface area (Å²) in [7, 11) is 0. The molecule has 0 bridgehead atoms. The van der Waals surface area contributed by atoms with E-state index in [2.05, 4.69) is 46.4 Å². The number of aryl methyl sites for hydroxylation is 1. The summed E-state index contributed by atoms with van der Waals surface area (Å²) in [5.41, 5.74) is 4.84. The maximum Gasteiger partial charge on any atom is 0.227 e. The van der Waals surface area contributed by atoms with E-state index in [0.29, 0.717) is 13.0 Å². The van der Waals surface area contributed by atoms with E-state index in [-0.39, 0.29) is 5.91 Å². The number of hydrogen-bond acceptors (Lipinski definition) is 2. The predicted molar refractivity (Wildman–Crippen MR) is 83.0 cm³/mol. The number of halogens is 1. The summed E-state index contributed by atoms with van der Waals surface area (Å²) in [6.45, 7) is 4.33. The molecule has 0 fully saturated rings. The molecule has 1 N–H and O–H groups in total. The third kappa shape index (κ3) is 2.66. The van der Waals surface area contributed by atoms with Crippen molar-refractivity contribution in [1.29, 1.82) is 0 Å². The maximum atomic E-state index is 12.4. The monoisotopic (exact) mass is 332 g/mol. The summed E-state index contributed by atoms with van der Waals surface area (Å²) in [5.74, 6) is 0.198. The average molecular weight is 333 g/mol. The zero-order valence-electron chi connectivity index (χ0n) is 11.4. The number of dihydropyridines is 1. The molecule has 0 aromatic heterocycles. The molecule has 20 heavy (non-hydrogen) atoms. The minimum atomic E-state index is 0.198. The van der Waals surface area contributed by atoms with Gasteiger partial charge < -0.3 is 10.2 Å². The molecular weight excluding hydrogens is 316 g/mol. The summed E-state index contributed by atoms with van der Waals surface area (Å²) in [6.07, 6.45) is 6.44. The molecule has 1 aromatic carbocycles. The molecule has 2 aliphatic heterocycles. The third-order valence-electron chi connectivity index (χ3n) is 3.75. The van der Waals surface area contributed by atoms with Gasteiger partial charge in [0.15, 0.2) is 0 Å². The topological polar surface area (TPSA) is 32.3 Å². The Hall–Kier alpha value is -1.55. The van der Waals surface area contributed by atoms with Crippen LogP contribution in [0.5, 0.6) is 0 Å². The van der Waals surface area contributed by atoms with Crippen molar-refractivity contribution in [3.8, 4) is 0 Å². The minimum Gasteiger partial charge on any atom is -0.387 e. The molecule has 0 unspecified atom stereocenters. The molecule has 1 amide bonds. The van der Waals surface area contributed by atoms with Crippen LogP contribution >= 0.6 is 15.9 Å². The highest BCUT2D eigenvalue weighted by atomic mass is 79.9. The molecule has 3 nitrogen and oxygen atoms in total. The highest BCUT2D eigenvalue weighted by molar-refractivity contribution is 9.10. The van der Waals surface area contributed by atoms with Gasteiger partial charge in [-0.15, -0.1) is 0 Å². The van der Waals surface area contributed by atoms with Crippen molar-refractivity contribution >= 4 is 21.8 Å². The van der Waals surface area contributed by atoms with E-state index in [0.717, 1.165) is 23.1 Å². The minimum absolute atomic E-state index is 0.198. The molecule has 1 aromatic rings. The van der Waals surface area contributed by atoms with Crippen LogP contribution in [0.15, 0.2) is 40.5 Å².